The monoisotopic (exact) mass is 387 g/mol. The second kappa shape index (κ2) is 8.17. The van der Waals surface area contributed by atoms with Crippen LogP contribution in [0.1, 0.15) is 31.9 Å². The molecule has 6 nitrogen and oxygen atoms in total. The molecule has 0 bridgehead atoms. The first-order valence-electron chi connectivity index (χ1n) is 9.30. The van der Waals surface area contributed by atoms with Gasteiger partial charge in [0, 0.05) is 43.3 Å². The molecule has 0 amide bonds. The molecule has 1 aliphatic heterocycles. The van der Waals surface area contributed by atoms with Crippen molar-refractivity contribution in [3.63, 3.8) is 0 Å². The van der Waals surface area contributed by atoms with Gasteiger partial charge in [0.15, 0.2) is 11.1 Å². The molecule has 2 N–H and O–H groups in total. The summed E-state index contributed by atoms with van der Waals surface area (Å²) >= 11 is 1.67. The largest absolute Gasteiger partial charge is 0.488 e. The number of thiazole rings is 1. The molecular weight excluding hydrogens is 358 g/mol. The fourth-order valence-electron chi connectivity index (χ4n) is 2.98. The normalized spacial score (nSPS) is 15.9. The number of aromatic nitrogens is 1. The van der Waals surface area contributed by atoms with Crippen molar-refractivity contribution in [3.8, 4) is 5.75 Å². The van der Waals surface area contributed by atoms with Crippen molar-refractivity contribution in [3.05, 3.63) is 40.9 Å². The van der Waals surface area contributed by atoms with Crippen molar-refractivity contribution in [2.24, 2.45) is 10.7 Å². The van der Waals surface area contributed by atoms with Crippen LogP contribution in [0.5, 0.6) is 5.75 Å². The van der Waals surface area contributed by atoms with Gasteiger partial charge in [-0.1, -0.05) is 12.1 Å². The quantitative estimate of drug-likeness (QED) is 0.644. The molecule has 1 aliphatic rings. The molecular formula is C20H29N5OS. The van der Waals surface area contributed by atoms with Crippen LogP contribution < -0.4 is 15.4 Å². The predicted octanol–water partition coefficient (Wildman–Crippen LogP) is 3.27. The van der Waals surface area contributed by atoms with Crippen LogP contribution in [0.15, 0.2) is 34.8 Å². The van der Waals surface area contributed by atoms with Crippen LogP contribution in [-0.4, -0.2) is 47.6 Å². The fourth-order valence-corrected chi connectivity index (χ4v) is 3.68. The van der Waals surface area contributed by atoms with Crippen LogP contribution in [-0.2, 0) is 6.54 Å². The number of guanidine groups is 1. The van der Waals surface area contributed by atoms with Gasteiger partial charge in [-0.05, 0) is 39.3 Å². The standard InChI is InChI=1S/C20H29N5OS/c1-15-5-6-16(17(13-15)26-20(2,3)4)14-23-18(21)24-8-10-25(11-9-24)19-22-7-12-27-19/h5-7,12-13H,8-11,14H2,1-4H3,(H2,21,23). The highest BCUT2D eigenvalue weighted by Crippen LogP contribution is 2.25. The second-order valence-electron chi connectivity index (χ2n) is 7.79. The molecule has 1 fully saturated rings. The SMILES string of the molecule is Cc1ccc(CN=C(N)N2CCN(c3nccs3)CC2)c(OC(C)(C)C)c1. The number of rotatable bonds is 4. The van der Waals surface area contributed by atoms with Gasteiger partial charge in [0.2, 0.25) is 0 Å². The van der Waals surface area contributed by atoms with E-state index in [1.807, 2.05) is 11.6 Å². The summed E-state index contributed by atoms with van der Waals surface area (Å²) < 4.78 is 6.11. The molecule has 0 unspecified atom stereocenters. The molecule has 1 aromatic carbocycles. The molecule has 0 atom stereocenters. The van der Waals surface area contributed by atoms with Gasteiger partial charge in [0.1, 0.15) is 11.4 Å². The summed E-state index contributed by atoms with van der Waals surface area (Å²) in [6.45, 7) is 12.3. The van der Waals surface area contributed by atoms with Gasteiger partial charge in [0.05, 0.1) is 6.54 Å². The number of nitrogens with zero attached hydrogens (tertiary/aromatic N) is 4. The number of piperazine rings is 1. The summed E-state index contributed by atoms with van der Waals surface area (Å²) in [5.74, 6) is 1.48. The zero-order valence-electron chi connectivity index (χ0n) is 16.6. The average Bonchev–Trinajstić information content (AvgIpc) is 3.14. The van der Waals surface area contributed by atoms with Crippen molar-refractivity contribution in [1.29, 1.82) is 0 Å². The van der Waals surface area contributed by atoms with Gasteiger partial charge in [0.25, 0.3) is 0 Å². The maximum Gasteiger partial charge on any atom is 0.191 e. The van der Waals surface area contributed by atoms with Crippen LogP contribution in [0.2, 0.25) is 0 Å². The Labute approximate surface area is 165 Å². The molecule has 3 rings (SSSR count). The number of hydrogen-bond acceptors (Lipinski definition) is 5. The summed E-state index contributed by atoms with van der Waals surface area (Å²) in [5, 5.41) is 3.09. The lowest BCUT2D eigenvalue weighted by Gasteiger charge is -2.35. The molecule has 2 heterocycles. The minimum atomic E-state index is -0.246. The molecule has 27 heavy (non-hydrogen) atoms. The van der Waals surface area contributed by atoms with E-state index in [2.05, 4.69) is 65.7 Å². The zero-order valence-corrected chi connectivity index (χ0v) is 17.4. The molecule has 2 aromatic rings. The second-order valence-corrected chi connectivity index (χ2v) is 8.66. The maximum atomic E-state index is 6.27. The third-order valence-electron chi connectivity index (χ3n) is 4.34. The molecule has 0 aliphatic carbocycles. The lowest BCUT2D eigenvalue weighted by Crippen LogP contribution is -2.51. The number of anilines is 1. The van der Waals surface area contributed by atoms with Crippen LogP contribution >= 0.6 is 11.3 Å². The summed E-state index contributed by atoms with van der Waals surface area (Å²) in [7, 11) is 0. The molecule has 0 spiro atoms. The molecule has 0 saturated carbocycles. The summed E-state index contributed by atoms with van der Waals surface area (Å²) in [5.41, 5.74) is 8.25. The first-order valence-corrected chi connectivity index (χ1v) is 10.2. The van der Waals surface area contributed by atoms with Crippen LogP contribution in [0, 0.1) is 6.92 Å². The van der Waals surface area contributed by atoms with Crippen molar-refractivity contribution < 1.29 is 4.74 Å². The lowest BCUT2D eigenvalue weighted by atomic mass is 10.1. The minimum absolute atomic E-state index is 0.246. The number of benzene rings is 1. The lowest BCUT2D eigenvalue weighted by molar-refractivity contribution is 0.129. The molecule has 1 aromatic heterocycles. The fraction of sp³-hybridized carbons (Fsp3) is 0.500. The summed E-state index contributed by atoms with van der Waals surface area (Å²) in [6, 6.07) is 6.23. The Morgan fingerprint density at radius 3 is 2.63 bits per heavy atom. The van der Waals surface area contributed by atoms with E-state index in [1.54, 1.807) is 11.3 Å². The van der Waals surface area contributed by atoms with Crippen LogP contribution in [0.4, 0.5) is 5.13 Å². The smallest absolute Gasteiger partial charge is 0.191 e. The van der Waals surface area contributed by atoms with Crippen LogP contribution in [0.25, 0.3) is 0 Å². The van der Waals surface area contributed by atoms with E-state index in [0.29, 0.717) is 12.5 Å². The van der Waals surface area contributed by atoms with E-state index in [0.717, 1.165) is 42.6 Å². The average molecular weight is 388 g/mol. The maximum absolute atomic E-state index is 6.27. The first-order chi connectivity index (χ1) is 12.8. The predicted molar refractivity (Wildman–Crippen MR) is 113 cm³/mol. The number of hydrogen-bond donors (Lipinski definition) is 1. The van der Waals surface area contributed by atoms with Crippen molar-refractivity contribution >= 4 is 22.4 Å². The third kappa shape index (κ3) is 5.35. The minimum Gasteiger partial charge on any atom is -0.488 e. The topological polar surface area (TPSA) is 67.0 Å². The van der Waals surface area contributed by atoms with E-state index in [4.69, 9.17) is 10.5 Å². The summed E-state index contributed by atoms with van der Waals surface area (Å²) in [6.07, 6.45) is 1.85. The van der Waals surface area contributed by atoms with Gasteiger partial charge in [-0.3, -0.25) is 0 Å². The van der Waals surface area contributed by atoms with Gasteiger partial charge in [-0.2, -0.15) is 0 Å². The Morgan fingerprint density at radius 2 is 2.00 bits per heavy atom. The number of ether oxygens (including phenoxy) is 1. The highest BCUT2D eigenvalue weighted by molar-refractivity contribution is 7.13. The van der Waals surface area contributed by atoms with E-state index in [-0.39, 0.29) is 5.60 Å². The number of aliphatic imine (C=N–C) groups is 1. The highest BCUT2D eigenvalue weighted by atomic mass is 32.1. The van der Waals surface area contributed by atoms with Gasteiger partial charge >= 0.3 is 0 Å². The van der Waals surface area contributed by atoms with E-state index in [9.17, 15) is 0 Å². The van der Waals surface area contributed by atoms with E-state index >= 15 is 0 Å². The Kier molecular flexibility index (Phi) is 5.89. The molecule has 0 radical (unpaired) electrons. The third-order valence-corrected chi connectivity index (χ3v) is 5.18. The molecule has 7 heteroatoms. The Bertz CT molecular complexity index is 774. The van der Waals surface area contributed by atoms with Crippen molar-refractivity contribution in [2.75, 3.05) is 31.1 Å². The first kappa shape index (κ1) is 19.5. The Morgan fingerprint density at radius 1 is 1.26 bits per heavy atom. The van der Waals surface area contributed by atoms with Crippen LogP contribution in [0.3, 0.4) is 0 Å². The van der Waals surface area contributed by atoms with E-state index < -0.39 is 0 Å². The molecule has 146 valence electrons. The van der Waals surface area contributed by atoms with Gasteiger partial charge in [-0.25, -0.2) is 9.98 Å². The highest BCUT2D eigenvalue weighted by Gasteiger charge is 2.20. The van der Waals surface area contributed by atoms with Gasteiger partial charge in [-0.15, -0.1) is 11.3 Å². The van der Waals surface area contributed by atoms with E-state index in [1.165, 1.54) is 5.56 Å². The zero-order chi connectivity index (χ0) is 19.4. The molecule has 1 saturated heterocycles. The number of nitrogens with two attached hydrogens (primary N) is 1. The Balaban J connectivity index is 1.63. The Hall–Kier alpha value is -2.28. The number of aryl methyl sites for hydroxylation is 1. The van der Waals surface area contributed by atoms with Crippen molar-refractivity contribution in [1.82, 2.24) is 9.88 Å². The van der Waals surface area contributed by atoms with Crippen molar-refractivity contribution in [2.45, 2.75) is 39.8 Å². The summed E-state index contributed by atoms with van der Waals surface area (Å²) in [4.78, 5) is 13.5. The van der Waals surface area contributed by atoms with Gasteiger partial charge < -0.3 is 20.3 Å².